The van der Waals surface area contributed by atoms with Crippen molar-refractivity contribution in [2.75, 3.05) is 0 Å². The van der Waals surface area contributed by atoms with Crippen LogP contribution in [0.3, 0.4) is 0 Å². The van der Waals surface area contributed by atoms with Crippen molar-refractivity contribution in [3.63, 3.8) is 0 Å². The van der Waals surface area contributed by atoms with E-state index < -0.39 is 11.7 Å². The van der Waals surface area contributed by atoms with E-state index in [9.17, 15) is 13.2 Å². The fourth-order valence-electron chi connectivity index (χ4n) is 1.87. The van der Waals surface area contributed by atoms with E-state index in [0.717, 1.165) is 22.4 Å². The van der Waals surface area contributed by atoms with Gasteiger partial charge in [-0.1, -0.05) is 18.2 Å². The Hall–Kier alpha value is -1.40. The van der Waals surface area contributed by atoms with Gasteiger partial charge in [-0.15, -0.1) is 11.3 Å². The van der Waals surface area contributed by atoms with E-state index in [1.54, 1.807) is 12.3 Å². The molecule has 0 aliphatic heterocycles. The molecule has 2 rings (SSSR count). The maximum Gasteiger partial charge on any atom is 0.416 e. The Kier molecular flexibility index (Phi) is 4.45. The Morgan fingerprint density at radius 1 is 1.35 bits per heavy atom. The summed E-state index contributed by atoms with van der Waals surface area (Å²) in [6.45, 7) is 1.91. The van der Waals surface area contributed by atoms with Crippen molar-refractivity contribution in [2.45, 2.75) is 32.0 Å². The minimum atomic E-state index is -4.31. The molecule has 1 unspecified atom stereocenters. The molecule has 0 amide bonds. The zero-order chi connectivity index (χ0) is 14.8. The predicted molar refractivity (Wildman–Crippen MR) is 73.7 cm³/mol. The number of halogens is 3. The average Bonchev–Trinajstić information content (AvgIpc) is 2.75. The minimum absolute atomic E-state index is 0.0526. The van der Waals surface area contributed by atoms with Crippen molar-refractivity contribution < 1.29 is 13.2 Å². The first-order chi connectivity index (χ1) is 9.34. The molecule has 2 N–H and O–H groups in total. The smallest absolute Gasteiger partial charge is 0.328 e. The lowest BCUT2D eigenvalue weighted by Crippen LogP contribution is -2.16. The van der Waals surface area contributed by atoms with Crippen molar-refractivity contribution in [1.29, 1.82) is 0 Å². The van der Waals surface area contributed by atoms with E-state index in [1.165, 1.54) is 23.5 Å². The van der Waals surface area contributed by atoms with Crippen LogP contribution in [0.2, 0.25) is 0 Å². The van der Waals surface area contributed by atoms with Gasteiger partial charge in [-0.3, -0.25) is 0 Å². The van der Waals surface area contributed by atoms with E-state index in [-0.39, 0.29) is 6.04 Å². The van der Waals surface area contributed by atoms with Gasteiger partial charge in [0.2, 0.25) is 0 Å². The van der Waals surface area contributed by atoms with Crippen molar-refractivity contribution in [3.05, 3.63) is 51.5 Å². The van der Waals surface area contributed by atoms with E-state index in [4.69, 9.17) is 5.73 Å². The van der Waals surface area contributed by atoms with Crippen molar-refractivity contribution in [1.82, 2.24) is 4.98 Å². The summed E-state index contributed by atoms with van der Waals surface area (Å²) in [5, 5.41) is 0.806. The van der Waals surface area contributed by atoms with Crippen LogP contribution in [0.25, 0.3) is 0 Å². The molecule has 0 aliphatic carbocycles. The third-order valence-electron chi connectivity index (χ3n) is 2.73. The molecule has 0 bridgehead atoms. The number of thiazole rings is 1. The van der Waals surface area contributed by atoms with Gasteiger partial charge in [0.1, 0.15) is 0 Å². The second-order valence-electron chi connectivity index (χ2n) is 4.78. The van der Waals surface area contributed by atoms with Gasteiger partial charge in [-0.25, -0.2) is 4.98 Å². The molecular formula is C14H15F3N2S. The van der Waals surface area contributed by atoms with Crippen LogP contribution in [0.5, 0.6) is 0 Å². The number of hydrogen-bond acceptors (Lipinski definition) is 3. The number of nitrogens with zero attached hydrogens (tertiary/aromatic N) is 1. The lowest BCUT2D eigenvalue weighted by Gasteiger charge is -2.07. The van der Waals surface area contributed by atoms with Crippen LogP contribution >= 0.6 is 11.3 Å². The van der Waals surface area contributed by atoms with Gasteiger partial charge < -0.3 is 5.73 Å². The summed E-state index contributed by atoms with van der Waals surface area (Å²) in [4.78, 5) is 5.30. The topological polar surface area (TPSA) is 38.9 Å². The van der Waals surface area contributed by atoms with Crippen LogP contribution in [0, 0.1) is 0 Å². The highest BCUT2D eigenvalue weighted by Gasteiger charge is 2.30. The van der Waals surface area contributed by atoms with Crippen LogP contribution in [0.15, 0.2) is 30.5 Å². The minimum Gasteiger partial charge on any atom is -0.328 e. The summed E-state index contributed by atoms with van der Waals surface area (Å²) in [5.74, 6) is 0. The highest BCUT2D eigenvalue weighted by Crippen LogP contribution is 2.30. The quantitative estimate of drug-likeness (QED) is 0.936. The van der Waals surface area contributed by atoms with Crippen LogP contribution in [0.1, 0.15) is 27.9 Å². The summed E-state index contributed by atoms with van der Waals surface area (Å²) in [6, 6.07) is 5.41. The van der Waals surface area contributed by atoms with Gasteiger partial charge in [0, 0.05) is 23.5 Å². The molecule has 0 saturated carbocycles. The molecule has 1 aromatic carbocycles. The highest BCUT2D eigenvalue weighted by molar-refractivity contribution is 7.11. The molecule has 1 atom stereocenters. The number of alkyl halides is 3. The number of aromatic nitrogens is 1. The molecule has 6 heteroatoms. The molecule has 2 aromatic rings. The van der Waals surface area contributed by atoms with Gasteiger partial charge in [0.05, 0.1) is 10.6 Å². The molecular weight excluding hydrogens is 285 g/mol. The van der Waals surface area contributed by atoms with Gasteiger partial charge in [-0.05, 0) is 25.0 Å². The maximum absolute atomic E-state index is 12.6. The lowest BCUT2D eigenvalue weighted by atomic mass is 10.1. The number of benzene rings is 1. The lowest BCUT2D eigenvalue weighted by molar-refractivity contribution is -0.137. The molecule has 0 spiro atoms. The second kappa shape index (κ2) is 5.93. The monoisotopic (exact) mass is 300 g/mol. The molecule has 20 heavy (non-hydrogen) atoms. The number of hydrogen-bond donors (Lipinski definition) is 1. The van der Waals surface area contributed by atoms with Crippen LogP contribution in [-0.4, -0.2) is 11.0 Å². The normalized spacial score (nSPS) is 13.4. The summed E-state index contributed by atoms with van der Waals surface area (Å²) in [5.41, 5.74) is 5.70. The Balaban J connectivity index is 2.12. The Morgan fingerprint density at radius 2 is 2.10 bits per heavy atom. The molecule has 0 radical (unpaired) electrons. The fourth-order valence-corrected chi connectivity index (χ4v) is 2.97. The molecule has 0 fully saturated rings. The number of rotatable bonds is 4. The molecule has 0 saturated heterocycles. The Morgan fingerprint density at radius 3 is 2.75 bits per heavy atom. The van der Waals surface area contributed by atoms with Gasteiger partial charge in [0.15, 0.2) is 0 Å². The highest BCUT2D eigenvalue weighted by atomic mass is 32.1. The second-order valence-corrected chi connectivity index (χ2v) is 5.98. The van der Waals surface area contributed by atoms with E-state index in [1.807, 2.05) is 6.92 Å². The molecule has 1 aromatic heterocycles. The van der Waals surface area contributed by atoms with Crippen LogP contribution < -0.4 is 5.73 Å². The van der Waals surface area contributed by atoms with E-state index in [0.29, 0.717) is 12.0 Å². The summed E-state index contributed by atoms with van der Waals surface area (Å²) in [7, 11) is 0. The van der Waals surface area contributed by atoms with Crippen molar-refractivity contribution in [3.8, 4) is 0 Å². The third kappa shape index (κ3) is 4.05. The van der Waals surface area contributed by atoms with Crippen LogP contribution in [-0.2, 0) is 19.0 Å². The van der Waals surface area contributed by atoms with E-state index >= 15 is 0 Å². The van der Waals surface area contributed by atoms with Gasteiger partial charge in [-0.2, -0.15) is 13.2 Å². The zero-order valence-corrected chi connectivity index (χ0v) is 11.8. The molecule has 108 valence electrons. The molecule has 2 nitrogen and oxygen atoms in total. The maximum atomic E-state index is 12.6. The standard InChI is InChI=1S/C14H15F3N2S/c1-9(18)5-12-8-19-13(20-12)7-10-3-2-4-11(6-10)14(15,16)17/h2-4,6,8-9H,5,7,18H2,1H3. The first kappa shape index (κ1) is 15.0. The third-order valence-corrected chi connectivity index (χ3v) is 3.75. The molecule has 1 heterocycles. The van der Waals surface area contributed by atoms with E-state index in [2.05, 4.69) is 4.98 Å². The van der Waals surface area contributed by atoms with Crippen LogP contribution in [0.4, 0.5) is 13.2 Å². The Bertz CT molecular complexity index is 576. The van der Waals surface area contributed by atoms with Crippen molar-refractivity contribution in [2.24, 2.45) is 5.73 Å². The summed E-state index contributed by atoms with van der Waals surface area (Å²) >= 11 is 1.50. The summed E-state index contributed by atoms with van der Waals surface area (Å²) < 4.78 is 37.9. The predicted octanol–water partition coefficient (Wildman–Crippen LogP) is 3.64. The Labute approximate surface area is 119 Å². The zero-order valence-electron chi connectivity index (χ0n) is 10.9. The van der Waals surface area contributed by atoms with Gasteiger partial charge >= 0.3 is 6.18 Å². The number of nitrogens with two attached hydrogens (primary N) is 1. The molecule has 0 aliphatic rings. The van der Waals surface area contributed by atoms with Gasteiger partial charge in [0.25, 0.3) is 0 Å². The van der Waals surface area contributed by atoms with Crippen molar-refractivity contribution >= 4 is 11.3 Å². The summed E-state index contributed by atoms with van der Waals surface area (Å²) in [6.07, 6.45) is -1.41. The first-order valence-corrected chi connectivity index (χ1v) is 7.01. The largest absolute Gasteiger partial charge is 0.416 e. The first-order valence-electron chi connectivity index (χ1n) is 6.20. The average molecular weight is 300 g/mol. The SMILES string of the molecule is CC(N)Cc1cnc(Cc2cccc(C(F)(F)F)c2)s1. The fraction of sp³-hybridized carbons (Fsp3) is 0.357.